The second-order valence-electron chi connectivity index (χ2n) is 7.75. The van der Waals surface area contributed by atoms with Crippen molar-refractivity contribution in [3.63, 3.8) is 0 Å². The lowest BCUT2D eigenvalue weighted by Crippen LogP contribution is -2.31. The standard InChI is InChI=1S/C25H18N6O3/c26-14-17-15-27-31(21-12-11-16-6-1-4-9-20(16)28-21)23(17)29-22(32)10-5-13-30-24(33)18-7-2-3-8-19(18)25(30)34/h1-4,6-9,11-12,15H,5,10,13H2,(H,29,32). The Balaban J connectivity index is 1.28. The topological polar surface area (TPSA) is 121 Å². The summed E-state index contributed by atoms with van der Waals surface area (Å²) in [5, 5.41) is 17.4. The number of carbonyl (C=O) groups excluding carboxylic acids is 3. The summed E-state index contributed by atoms with van der Waals surface area (Å²) in [6.07, 6.45) is 1.70. The van der Waals surface area contributed by atoms with Gasteiger partial charge in [-0.15, -0.1) is 0 Å². The molecule has 0 aliphatic carbocycles. The molecular formula is C25H18N6O3. The van der Waals surface area contributed by atoms with Gasteiger partial charge in [0, 0.05) is 18.4 Å². The van der Waals surface area contributed by atoms with E-state index in [0.29, 0.717) is 16.9 Å². The van der Waals surface area contributed by atoms with Gasteiger partial charge >= 0.3 is 0 Å². The van der Waals surface area contributed by atoms with Crippen LogP contribution in [0.3, 0.4) is 0 Å². The van der Waals surface area contributed by atoms with E-state index in [0.717, 1.165) is 15.8 Å². The van der Waals surface area contributed by atoms with Crippen LogP contribution in [0.25, 0.3) is 16.7 Å². The molecule has 4 aromatic rings. The maximum absolute atomic E-state index is 12.7. The van der Waals surface area contributed by atoms with Crippen molar-refractivity contribution in [3.05, 3.63) is 83.6 Å². The van der Waals surface area contributed by atoms with Crippen LogP contribution in [0.5, 0.6) is 0 Å². The van der Waals surface area contributed by atoms with Crippen LogP contribution in [0.4, 0.5) is 5.82 Å². The summed E-state index contributed by atoms with van der Waals surface area (Å²) in [7, 11) is 0. The summed E-state index contributed by atoms with van der Waals surface area (Å²) in [6.45, 7) is 0.121. The zero-order chi connectivity index (χ0) is 23.7. The smallest absolute Gasteiger partial charge is 0.261 e. The first-order valence-corrected chi connectivity index (χ1v) is 10.7. The summed E-state index contributed by atoms with van der Waals surface area (Å²) in [4.78, 5) is 43.3. The van der Waals surface area contributed by atoms with Crippen LogP contribution in [0.1, 0.15) is 39.1 Å². The molecule has 0 saturated heterocycles. The molecule has 2 aromatic carbocycles. The van der Waals surface area contributed by atoms with E-state index in [1.54, 1.807) is 30.3 Å². The zero-order valence-electron chi connectivity index (χ0n) is 17.9. The third-order valence-electron chi connectivity index (χ3n) is 5.61. The van der Waals surface area contributed by atoms with Crippen LogP contribution in [0, 0.1) is 11.3 Å². The largest absolute Gasteiger partial charge is 0.309 e. The number of benzene rings is 2. The van der Waals surface area contributed by atoms with E-state index in [1.807, 2.05) is 36.4 Å². The number of fused-ring (bicyclic) bond motifs is 2. The number of amides is 3. The van der Waals surface area contributed by atoms with Crippen LogP contribution in [-0.4, -0.2) is 43.9 Å². The van der Waals surface area contributed by atoms with Crippen LogP contribution < -0.4 is 5.32 Å². The molecule has 0 unspecified atom stereocenters. The maximum Gasteiger partial charge on any atom is 0.261 e. The van der Waals surface area contributed by atoms with Gasteiger partial charge in [-0.25, -0.2) is 4.98 Å². The van der Waals surface area contributed by atoms with Crippen molar-refractivity contribution in [3.8, 4) is 11.9 Å². The third kappa shape index (κ3) is 3.67. The molecule has 0 spiro atoms. The Kier molecular flexibility index (Phi) is 5.32. The van der Waals surface area contributed by atoms with E-state index in [-0.39, 0.29) is 48.5 Å². The SMILES string of the molecule is N#Cc1cnn(-c2ccc3ccccc3n2)c1NC(=O)CCCN1C(=O)c2ccccc2C1=O. The normalized spacial score (nSPS) is 12.6. The fourth-order valence-corrected chi connectivity index (χ4v) is 3.93. The lowest BCUT2D eigenvalue weighted by Gasteiger charge is -2.14. The second-order valence-corrected chi connectivity index (χ2v) is 7.75. The molecule has 0 fully saturated rings. The highest BCUT2D eigenvalue weighted by atomic mass is 16.2. The number of rotatable bonds is 6. The first-order chi connectivity index (χ1) is 16.6. The number of hydrogen-bond donors (Lipinski definition) is 1. The molecule has 1 aliphatic heterocycles. The highest BCUT2D eigenvalue weighted by Crippen LogP contribution is 2.24. The minimum absolute atomic E-state index is 0.0502. The number of aromatic nitrogens is 3. The molecule has 166 valence electrons. The Labute approximate surface area is 194 Å². The summed E-state index contributed by atoms with van der Waals surface area (Å²) in [6, 6.07) is 19.9. The second kappa shape index (κ2) is 8.60. The molecule has 1 aliphatic rings. The lowest BCUT2D eigenvalue weighted by atomic mass is 10.1. The highest BCUT2D eigenvalue weighted by molar-refractivity contribution is 6.21. The molecule has 9 heteroatoms. The van der Waals surface area contributed by atoms with Crippen molar-refractivity contribution in [2.45, 2.75) is 12.8 Å². The van der Waals surface area contributed by atoms with Crippen molar-refractivity contribution < 1.29 is 14.4 Å². The number of nitrogens with zero attached hydrogens (tertiary/aromatic N) is 5. The van der Waals surface area contributed by atoms with Crippen molar-refractivity contribution in [2.75, 3.05) is 11.9 Å². The molecule has 9 nitrogen and oxygen atoms in total. The zero-order valence-corrected chi connectivity index (χ0v) is 17.9. The Hall–Kier alpha value is -4.84. The molecule has 5 rings (SSSR count). The molecular weight excluding hydrogens is 432 g/mol. The number of imide groups is 1. The number of nitrogens with one attached hydrogen (secondary N) is 1. The van der Waals surface area contributed by atoms with Gasteiger partial charge in [0.05, 0.1) is 22.8 Å². The third-order valence-corrected chi connectivity index (χ3v) is 5.61. The lowest BCUT2D eigenvalue weighted by molar-refractivity contribution is -0.116. The summed E-state index contributed by atoms with van der Waals surface area (Å²) >= 11 is 0. The van der Waals surface area contributed by atoms with Gasteiger partial charge in [0.15, 0.2) is 11.6 Å². The summed E-state index contributed by atoms with van der Waals surface area (Å²) < 4.78 is 1.41. The van der Waals surface area contributed by atoms with Crippen molar-refractivity contribution >= 4 is 34.4 Å². The molecule has 3 amide bonds. The van der Waals surface area contributed by atoms with E-state index in [1.165, 1.54) is 10.9 Å². The quantitative estimate of drug-likeness (QED) is 0.450. The van der Waals surface area contributed by atoms with E-state index in [4.69, 9.17) is 0 Å². The van der Waals surface area contributed by atoms with Gasteiger partial charge in [-0.3, -0.25) is 19.3 Å². The van der Waals surface area contributed by atoms with Crippen molar-refractivity contribution in [1.29, 1.82) is 5.26 Å². The predicted octanol–water partition coefficient (Wildman–Crippen LogP) is 3.31. The number of hydrogen-bond acceptors (Lipinski definition) is 6. The molecule has 0 bridgehead atoms. The van der Waals surface area contributed by atoms with Gasteiger partial charge in [-0.1, -0.05) is 30.3 Å². The van der Waals surface area contributed by atoms with Crippen LogP contribution >= 0.6 is 0 Å². The minimum atomic E-state index is -0.365. The summed E-state index contributed by atoms with van der Waals surface area (Å²) in [5.41, 5.74) is 1.71. The van der Waals surface area contributed by atoms with Gasteiger partial charge < -0.3 is 5.32 Å². The number of para-hydroxylation sites is 1. The molecule has 3 heterocycles. The monoisotopic (exact) mass is 450 g/mol. The average molecular weight is 450 g/mol. The number of nitriles is 1. The van der Waals surface area contributed by atoms with E-state index < -0.39 is 0 Å². The fraction of sp³-hybridized carbons (Fsp3) is 0.120. The number of carbonyl (C=O) groups is 3. The van der Waals surface area contributed by atoms with Crippen molar-refractivity contribution in [1.82, 2.24) is 19.7 Å². The Bertz CT molecular complexity index is 1470. The van der Waals surface area contributed by atoms with Gasteiger partial charge in [0.25, 0.3) is 11.8 Å². The minimum Gasteiger partial charge on any atom is -0.309 e. The highest BCUT2D eigenvalue weighted by Gasteiger charge is 2.34. The van der Waals surface area contributed by atoms with Crippen LogP contribution in [0.2, 0.25) is 0 Å². The van der Waals surface area contributed by atoms with Gasteiger partial charge in [-0.05, 0) is 36.8 Å². The Morgan fingerprint density at radius 1 is 0.971 bits per heavy atom. The van der Waals surface area contributed by atoms with Gasteiger partial charge in [-0.2, -0.15) is 15.0 Å². The van der Waals surface area contributed by atoms with Crippen molar-refractivity contribution in [2.24, 2.45) is 0 Å². The van der Waals surface area contributed by atoms with E-state index in [2.05, 4.69) is 15.4 Å². The van der Waals surface area contributed by atoms with Gasteiger partial charge in [0.2, 0.25) is 5.91 Å². The average Bonchev–Trinajstić information content (AvgIpc) is 3.37. The van der Waals surface area contributed by atoms with Gasteiger partial charge in [0.1, 0.15) is 11.6 Å². The van der Waals surface area contributed by atoms with E-state index >= 15 is 0 Å². The molecule has 34 heavy (non-hydrogen) atoms. The van der Waals surface area contributed by atoms with E-state index in [9.17, 15) is 19.6 Å². The molecule has 2 aromatic heterocycles. The van der Waals surface area contributed by atoms with Crippen LogP contribution in [0.15, 0.2) is 66.9 Å². The number of pyridine rings is 1. The Morgan fingerprint density at radius 2 is 1.68 bits per heavy atom. The maximum atomic E-state index is 12.7. The molecule has 0 atom stereocenters. The fourth-order valence-electron chi connectivity index (χ4n) is 3.93. The first kappa shape index (κ1) is 21.0. The Morgan fingerprint density at radius 3 is 2.41 bits per heavy atom. The molecule has 0 radical (unpaired) electrons. The number of anilines is 1. The molecule has 1 N–H and O–H groups in total. The van der Waals surface area contributed by atoms with Crippen LogP contribution in [-0.2, 0) is 4.79 Å². The molecule has 0 saturated carbocycles. The first-order valence-electron chi connectivity index (χ1n) is 10.7. The predicted molar refractivity (Wildman–Crippen MR) is 123 cm³/mol. The summed E-state index contributed by atoms with van der Waals surface area (Å²) in [5.74, 6) is -0.394.